The topological polar surface area (TPSA) is 17.1 Å². The fraction of sp³-hybridized carbons (Fsp3) is 0. The van der Waals surface area contributed by atoms with Gasteiger partial charge >= 0.3 is 0 Å². The lowest BCUT2D eigenvalue weighted by Gasteiger charge is -1.97. The van der Waals surface area contributed by atoms with E-state index in [9.17, 15) is 9.18 Å². The Morgan fingerprint density at radius 1 is 1.27 bits per heavy atom. The molecular weight excluding hydrogens is 190 g/mol. The predicted octanol–water partition coefficient (Wildman–Crippen LogP) is 2.95. The van der Waals surface area contributed by atoms with Crippen molar-refractivity contribution in [2.75, 3.05) is 0 Å². The van der Waals surface area contributed by atoms with Gasteiger partial charge in [0.2, 0.25) is 0 Å². The third-order valence-electron chi connectivity index (χ3n) is 1.14. The maximum atomic E-state index is 12.7. The third-order valence-corrected chi connectivity index (χ3v) is 1.69. The molecule has 1 nitrogen and oxygen atoms in total. The molecule has 0 aliphatic heterocycles. The maximum Gasteiger partial charge on any atom is 0.160 e. The van der Waals surface area contributed by atoms with Crippen LogP contribution in [0.3, 0.4) is 0 Å². The van der Waals surface area contributed by atoms with Crippen LogP contribution >= 0.6 is 23.2 Å². The van der Waals surface area contributed by atoms with Crippen LogP contribution < -0.4 is 0 Å². The Labute approximate surface area is 72.7 Å². The summed E-state index contributed by atoms with van der Waals surface area (Å²) in [6, 6.07) is 2.44. The van der Waals surface area contributed by atoms with Gasteiger partial charge in [-0.3, -0.25) is 4.79 Å². The van der Waals surface area contributed by atoms with E-state index in [1.54, 1.807) is 0 Å². The molecule has 0 bridgehead atoms. The summed E-state index contributed by atoms with van der Waals surface area (Å²) in [5.74, 6) is -0.695. The highest BCUT2D eigenvalue weighted by Gasteiger charge is 2.06. The minimum Gasteiger partial charge on any atom is -0.298 e. The molecule has 0 unspecified atom stereocenters. The zero-order valence-corrected chi connectivity index (χ0v) is 6.79. The largest absolute Gasteiger partial charge is 0.298 e. The Balaban J connectivity index is 3.31. The Morgan fingerprint density at radius 3 is 2.09 bits per heavy atom. The molecule has 0 N–H and O–H groups in total. The van der Waals surface area contributed by atoms with E-state index in [2.05, 4.69) is 0 Å². The second kappa shape index (κ2) is 3.20. The van der Waals surface area contributed by atoms with E-state index < -0.39 is 5.82 Å². The smallest absolute Gasteiger partial charge is 0.160 e. The van der Waals surface area contributed by atoms with Crippen LogP contribution in [0.1, 0.15) is 10.4 Å². The van der Waals surface area contributed by atoms with E-state index in [4.69, 9.17) is 23.2 Å². The van der Waals surface area contributed by atoms with Crippen molar-refractivity contribution in [1.82, 2.24) is 0 Å². The number of halogens is 3. The molecule has 0 aromatic heterocycles. The maximum absolute atomic E-state index is 12.7. The molecule has 0 radical (unpaired) electrons. The summed E-state index contributed by atoms with van der Waals surface area (Å²) in [6.45, 7) is 0. The van der Waals surface area contributed by atoms with E-state index >= 15 is 0 Å². The minimum atomic E-state index is -0.695. The molecule has 0 amide bonds. The standard InChI is InChI=1S/C7H3Cl2FO/c8-5-1-4(3-11)2-6(9)7(5)10/h1-3H. The van der Waals surface area contributed by atoms with Crippen LogP contribution in [0.5, 0.6) is 0 Å². The molecule has 0 saturated heterocycles. The molecule has 1 aromatic carbocycles. The molecule has 11 heavy (non-hydrogen) atoms. The lowest BCUT2D eigenvalue weighted by atomic mass is 10.2. The van der Waals surface area contributed by atoms with Crippen LogP contribution in [0.15, 0.2) is 12.1 Å². The molecular formula is C7H3Cl2FO. The van der Waals surface area contributed by atoms with Crippen molar-refractivity contribution in [2.24, 2.45) is 0 Å². The van der Waals surface area contributed by atoms with Gasteiger partial charge in [0.15, 0.2) is 5.82 Å². The van der Waals surface area contributed by atoms with E-state index in [-0.39, 0.29) is 15.6 Å². The van der Waals surface area contributed by atoms with Gasteiger partial charge in [-0.15, -0.1) is 0 Å². The SMILES string of the molecule is O=Cc1cc(Cl)c(F)c(Cl)c1. The molecule has 0 heterocycles. The average Bonchev–Trinajstić information content (AvgIpc) is 1.99. The van der Waals surface area contributed by atoms with Crippen LogP contribution in [0.2, 0.25) is 10.0 Å². The van der Waals surface area contributed by atoms with Crippen LogP contribution in [-0.4, -0.2) is 6.29 Å². The number of rotatable bonds is 1. The van der Waals surface area contributed by atoms with Gasteiger partial charge in [0.25, 0.3) is 0 Å². The summed E-state index contributed by atoms with van der Waals surface area (Å²) in [6.07, 6.45) is 0.553. The zero-order valence-electron chi connectivity index (χ0n) is 5.27. The van der Waals surface area contributed by atoms with Gasteiger partial charge in [-0.05, 0) is 12.1 Å². The molecule has 0 atom stereocenters. The van der Waals surface area contributed by atoms with E-state index in [0.29, 0.717) is 6.29 Å². The lowest BCUT2D eigenvalue weighted by molar-refractivity contribution is 0.112. The molecule has 0 spiro atoms. The minimum absolute atomic E-state index is 0.139. The zero-order chi connectivity index (χ0) is 8.43. The molecule has 0 aliphatic carbocycles. The number of hydrogen-bond donors (Lipinski definition) is 0. The first-order valence-electron chi connectivity index (χ1n) is 2.75. The Kier molecular flexibility index (Phi) is 2.47. The molecule has 4 heteroatoms. The second-order valence-corrected chi connectivity index (χ2v) is 2.73. The lowest BCUT2D eigenvalue weighted by Crippen LogP contribution is -1.84. The van der Waals surface area contributed by atoms with E-state index in [0.717, 1.165) is 0 Å². The molecule has 0 fully saturated rings. The fourth-order valence-electron chi connectivity index (χ4n) is 0.643. The van der Waals surface area contributed by atoms with Crippen molar-refractivity contribution in [3.05, 3.63) is 33.6 Å². The van der Waals surface area contributed by atoms with Gasteiger partial charge in [-0.2, -0.15) is 0 Å². The van der Waals surface area contributed by atoms with Gasteiger partial charge < -0.3 is 0 Å². The van der Waals surface area contributed by atoms with Crippen molar-refractivity contribution in [2.45, 2.75) is 0 Å². The van der Waals surface area contributed by atoms with Crippen molar-refractivity contribution in [1.29, 1.82) is 0 Å². The number of aldehydes is 1. The van der Waals surface area contributed by atoms with E-state index in [1.807, 2.05) is 0 Å². The van der Waals surface area contributed by atoms with Crippen molar-refractivity contribution in [3.8, 4) is 0 Å². The molecule has 1 aromatic rings. The highest BCUT2D eigenvalue weighted by atomic mass is 35.5. The first-order valence-corrected chi connectivity index (χ1v) is 3.50. The summed E-state index contributed by atoms with van der Waals surface area (Å²) in [4.78, 5) is 10.2. The molecule has 1 rings (SSSR count). The molecule has 0 saturated carbocycles. The Hall–Kier alpha value is -0.600. The normalized spacial score (nSPS) is 9.73. The van der Waals surface area contributed by atoms with Crippen molar-refractivity contribution < 1.29 is 9.18 Å². The number of hydrogen-bond acceptors (Lipinski definition) is 1. The quantitative estimate of drug-likeness (QED) is 0.494. The number of carbonyl (C=O) groups excluding carboxylic acids is 1. The van der Waals surface area contributed by atoms with Crippen LogP contribution in [0, 0.1) is 5.82 Å². The summed E-state index contributed by atoms with van der Waals surface area (Å²) in [5, 5.41) is -0.279. The van der Waals surface area contributed by atoms with Gasteiger partial charge in [-0.25, -0.2) is 4.39 Å². The highest BCUT2D eigenvalue weighted by Crippen LogP contribution is 2.23. The van der Waals surface area contributed by atoms with Crippen LogP contribution in [-0.2, 0) is 0 Å². The summed E-state index contributed by atoms with van der Waals surface area (Å²) in [7, 11) is 0. The molecule has 58 valence electrons. The molecule has 0 aliphatic rings. The van der Waals surface area contributed by atoms with Gasteiger partial charge in [0.05, 0.1) is 10.0 Å². The van der Waals surface area contributed by atoms with Gasteiger partial charge in [0.1, 0.15) is 6.29 Å². The summed E-state index contributed by atoms with van der Waals surface area (Å²) < 4.78 is 12.7. The van der Waals surface area contributed by atoms with Crippen LogP contribution in [0.4, 0.5) is 4.39 Å². The summed E-state index contributed by atoms with van der Waals surface area (Å²) in [5.41, 5.74) is 0.265. The number of carbonyl (C=O) groups is 1. The first-order chi connectivity index (χ1) is 5.15. The number of benzene rings is 1. The van der Waals surface area contributed by atoms with E-state index in [1.165, 1.54) is 12.1 Å². The van der Waals surface area contributed by atoms with Crippen LogP contribution in [0.25, 0.3) is 0 Å². The first kappa shape index (κ1) is 8.50. The Bertz CT molecular complexity index is 275. The Morgan fingerprint density at radius 2 is 1.73 bits per heavy atom. The predicted molar refractivity (Wildman–Crippen MR) is 41.8 cm³/mol. The average molecular weight is 193 g/mol. The van der Waals surface area contributed by atoms with Gasteiger partial charge in [0, 0.05) is 5.56 Å². The van der Waals surface area contributed by atoms with Crippen molar-refractivity contribution >= 4 is 29.5 Å². The third kappa shape index (κ3) is 1.70. The summed E-state index contributed by atoms with van der Waals surface area (Å²) >= 11 is 10.8. The van der Waals surface area contributed by atoms with Crippen molar-refractivity contribution in [3.63, 3.8) is 0 Å². The second-order valence-electron chi connectivity index (χ2n) is 1.92. The van der Waals surface area contributed by atoms with Gasteiger partial charge in [-0.1, -0.05) is 23.2 Å². The monoisotopic (exact) mass is 192 g/mol. The fourth-order valence-corrected chi connectivity index (χ4v) is 1.15. The highest BCUT2D eigenvalue weighted by molar-refractivity contribution is 6.35.